The zero-order chi connectivity index (χ0) is 22.6. The van der Waals surface area contributed by atoms with Gasteiger partial charge in [-0.1, -0.05) is 11.6 Å². The molecule has 2 aromatic carbocycles. The van der Waals surface area contributed by atoms with Crippen LogP contribution in [0, 0.1) is 5.82 Å². The molecule has 3 aromatic rings. The summed E-state index contributed by atoms with van der Waals surface area (Å²) in [6, 6.07) is 8.81. The van der Waals surface area contributed by atoms with Crippen molar-refractivity contribution in [1.29, 1.82) is 0 Å². The van der Waals surface area contributed by atoms with Gasteiger partial charge >= 0.3 is 0 Å². The summed E-state index contributed by atoms with van der Waals surface area (Å²) in [6.45, 7) is 1.49. The molecule has 0 saturated carbocycles. The number of rotatable bonds is 9. The first-order valence-electron chi connectivity index (χ1n) is 9.29. The smallest absolute Gasteiger partial charge is 0.263 e. The van der Waals surface area contributed by atoms with E-state index in [2.05, 4.69) is 15.0 Å². The van der Waals surface area contributed by atoms with Crippen LogP contribution in [0.4, 0.5) is 27.3 Å². The number of thiazole rings is 1. The lowest BCUT2D eigenvalue weighted by molar-refractivity contribution is 0.416. The van der Waals surface area contributed by atoms with E-state index in [-0.39, 0.29) is 21.6 Å². The zero-order valence-corrected chi connectivity index (χ0v) is 19.7. The summed E-state index contributed by atoms with van der Waals surface area (Å²) in [4.78, 5) is 7.92. The minimum atomic E-state index is -3.82. The molecular formula is C20H23ClFN5O2S2. The highest BCUT2D eigenvalue weighted by molar-refractivity contribution is 7.92. The predicted molar refractivity (Wildman–Crippen MR) is 126 cm³/mol. The molecule has 2 N–H and O–H groups in total. The molecule has 0 aliphatic rings. The summed E-state index contributed by atoms with van der Waals surface area (Å²) in [5, 5.41) is 4.99. The summed E-state index contributed by atoms with van der Waals surface area (Å²) < 4.78 is 41.4. The molecule has 0 fully saturated rings. The number of sulfonamides is 1. The van der Waals surface area contributed by atoms with E-state index in [9.17, 15) is 12.8 Å². The number of nitrogens with zero attached hydrogens (tertiary/aromatic N) is 3. The average molecular weight is 484 g/mol. The monoisotopic (exact) mass is 483 g/mol. The summed E-state index contributed by atoms with van der Waals surface area (Å²) in [5.41, 5.74) is 3.36. The maximum atomic E-state index is 13.9. The first kappa shape index (κ1) is 23.3. The van der Waals surface area contributed by atoms with Crippen molar-refractivity contribution in [3.63, 3.8) is 0 Å². The van der Waals surface area contributed by atoms with Crippen LogP contribution >= 0.6 is 22.9 Å². The van der Waals surface area contributed by atoms with Gasteiger partial charge in [0, 0.05) is 25.5 Å². The molecule has 0 amide bonds. The van der Waals surface area contributed by atoms with E-state index < -0.39 is 10.0 Å². The van der Waals surface area contributed by atoms with E-state index in [0.717, 1.165) is 6.54 Å². The third-order valence-corrected chi connectivity index (χ3v) is 6.70. The molecule has 0 unspecified atom stereocenters. The van der Waals surface area contributed by atoms with Crippen LogP contribution in [0.15, 0.2) is 52.2 Å². The summed E-state index contributed by atoms with van der Waals surface area (Å²) >= 11 is 7.65. The van der Waals surface area contributed by atoms with Crippen molar-refractivity contribution < 1.29 is 12.8 Å². The van der Waals surface area contributed by atoms with Gasteiger partial charge in [0.15, 0.2) is 5.82 Å². The minimum absolute atomic E-state index is 0.0125. The lowest BCUT2D eigenvalue weighted by atomic mass is 10.2. The van der Waals surface area contributed by atoms with Gasteiger partial charge in [0.2, 0.25) is 0 Å². The Morgan fingerprint density at radius 3 is 2.48 bits per heavy atom. The number of hydrogen-bond acceptors (Lipinski definition) is 7. The largest absolute Gasteiger partial charge is 0.372 e. The molecule has 0 saturated heterocycles. The second-order valence-electron chi connectivity index (χ2n) is 7.13. The van der Waals surface area contributed by atoms with Crippen LogP contribution in [0.1, 0.15) is 0 Å². The van der Waals surface area contributed by atoms with Gasteiger partial charge in [-0.05, 0) is 50.5 Å². The number of nitrogens with one attached hydrogen (secondary N) is 2. The number of benzene rings is 2. The Balaban J connectivity index is 1.83. The van der Waals surface area contributed by atoms with Gasteiger partial charge in [0.25, 0.3) is 10.0 Å². The van der Waals surface area contributed by atoms with Crippen LogP contribution in [0.3, 0.4) is 0 Å². The fourth-order valence-electron chi connectivity index (χ4n) is 2.77. The van der Waals surface area contributed by atoms with Crippen molar-refractivity contribution in [1.82, 2.24) is 9.88 Å². The number of halogens is 2. The van der Waals surface area contributed by atoms with Crippen molar-refractivity contribution >= 4 is 55.8 Å². The average Bonchev–Trinajstić information content (AvgIpc) is 3.21. The van der Waals surface area contributed by atoms with Crippen molar-refractivity contribution in [3.05, 3.63) is 58.1 Å². The minimum Gasteiger partial charge on any atom is -0.372 e. The Morgan fingerprint density at radius 2 is 1.84 bits per heavy atom. The van der Waals surface area contributed by atoms with Gasteiger partial charge in [0.05, 0.1) is 32.5 Å². The summed E-state index contributed by atoms with van der Waals surface area (Å²) in [5.74, 6) is -0.0991. The Labute approximate surface area is 190 Å². The summed E-state index contributed by atoms with van der Waals surface area (Å²) in [6.07, 6.45) is 0. The fraction of sp³-hybridized carbons (Fsp3) is 0.250. The highest BCUT2D eigenvalue weighted by atomic mass is 35.5. The van der Waals surface area contributed by atoms with Gasteiger partial charge in [-0.2, -0.15) is 0 Å². The zero-order valence-electron chi connectivity index (χ0n) is 17.3. The van der Waals surface area contributed by atoms with Crippen LogP contribution < -0.4 is 14.9 Å². The number of anilines is 4. The van der Waals surface area contributed by atoms with Gasteiger partial charge in [0.1, 0.15) is 5.82 Å². The Kier molecular flexibility index (Phi) is 7.37. The second kappa shape index (κ2) is 9.82. The van der Waals surface area contributed by atoms with Gasteiger partial charge in [-0.3, -0.25) is 4.72 Å². The highest BCUT2D eigenvalue weighted by Crippen LogP contribution is 2.33. The molecule has 1 heterocycles. The van der Waals surface area contributed by atoms with Gasteiger partial charge in [-0.25, -0.2) is 17.8 Å². The molecular weight excluding hydrogens is 461 g/mol. The highest BCUT2D eigenvalue weighted by Gasteiger charge is 2.18. The number of likely N-dealkylation sites (N-methyl/N-ethyl adjacent to an activating group) is 2. The Hall–Kier alpha value is -2.40. The third kappa shape index (κ3) is 6.07. The van der Waals surface area contributed by atoms with Crippen LogP contribution in [0.25, 0.3) is 0 Å². The molecule has 31 heavy (non-hydrogen) atoms. The number of aromatic nitrogens is 1. The molecule has 166 valence electrons. The summed E-state index contributed by atoms with van der Waals surface area (Å²) in [7, 11) is 2.00. The first-order chi connectivity index (χ1) is 14.7. The normalized spacial score (nSPS) is 11.5. The van der Waals surface area contributed by atoms with E-state index in [4.69, 9.17) is 11.6 Å². The molecule has 11 heteroatoms. The molecule has 0 bridgehead atoms. The molecule has 3 rings (SSSR count). The van der Waals surface area contributed by atoms with Crippen LogP contribution in [-0.4, -0.2) is 52.5 Å². The molecule has 0 aliphatic heterocycles. The first-order valence-corrected chi connectivity index (χ1v) is 12.1. The standard InChI is InChI=1S/C20H23ClFN5O2S2/c1-26(2)8-9-27(3)19-10-14(22)4-6-18(19)24-17-7-5-15(11-16(17)21)31(28,29)25-20-12-30-13-23-20/h4-7,10-13,24-25H,8-9H2,1-3H3. The lowest BCUT2D eigenvalue weighted by Gasteiger charge is -2.25. The van der Waals surface area contributed by atoms with E-state index in [1.807, 2.05) is 30.9 Å². The van der Waals surface area contributed by atoms with E-state index >= 15 is 0 Å². The Morgan fingerprint density at radius 1 is 1.10 bits per heavy atom. The number of hydrogen-bond donors (Lipinski definition) is 2. The molecule has 0 aliphatic carbocycles. The van der Waals surface area contributed by atoms with E-state index in [1.54, 1.807) is 17.5 Å². The van der Waals surface area contributed by atoms with E-state index in [0.29, 0.717) is 23.6 Å². The van der Waals surface area contributed by atoms with Crippen molar-refractivity contribution in [2.24, 2.45) is 0 Å². The van der Waals surface area contributed by atoms with E-state index in [1.165, 1.54) is 41.1 Å². The predicted octanol–water partition coefficient (Wildman–Crippen LogP) is 4.48. The van der Waals surface area contributed by atoms with Crippen molar-refractivity contribution in [2.75, 3.05) is 49.2 Å². The molecule has 0 radical (unpaired) electrons. The van der Waals surface area contributed by atoms with Crippen molar-refractivity contribution in [3.8, 4) is 0 Å². The lowest BCUT2D eigenvalue weighted by Crippen LogP contribution is -2.28. The molecule has 0 spiro atoms. The SMILES string of the molecule is CN(C)CCN(C)c1cc(F)ccc1Nc1ccc(S(=O)(=O)Nc2cscn2)cc1Cl. The topological polar surface area (TPSA) is 77.6 Å². The third-order valence-electron chi connectivity index (χ3n) is 4.45. The fourth-order valence-corrected chi connectivity index (χ4v) is 4.64. The van der Waals surface area contributed by atoms with Crippen LogP contribution in [0.5, 0.6) is 0 Å². The van der Waals surface area contributed by atoms with Gasteiger partial charge in [-0.15, -0.1) is 11.3 Å². The van der Waals surface area contributed by atoms with Crippen molar-refractivity contribution in [2.45, 2.75) is 4.90 Å². The molecule has 1 aromatic heterocycles. The maximum Gasteiger partial charge on any atom is 0.263 e. The van der Waals surface area contributed by atoms with Crippen LogP contribution in [0.2, 0.25) is 5.02 Å². The quantitative estimate of drug-likeness (QED) is 0.467. The molecule has 7 nitrogen and oxygen atoms in total. The molecule has 0 atom stereocenters. The van der Waals surface area contributed by atoms with Crippen LogP contribution in [-0.2, 0) is 10.0 Å². The second-order valence-corrected chi connectivity index (χ2v) is 9.94. The van der Waals surface area contributed by atoms with Gasteiger partial charge < -0.3 is 15.1 Å². The Bertz CT molecular complexity index is 1140. The maximum absolute atomic E-state index is 13.9.